The lowest BCUT2D eigenvalue weighted by molar-refractivity contribution is 0.0734. The van der Waals surface area contributed by atoms with Crippen molar-refractivity contribution in [2.75, 3.05) is 33.2 Å². The molecule has 0 radical (unpaired) electrons. The van der Waals surface area contributed by atoms with Crippen molar-refractivity contribution in [1.29, 1.82) is 0 Å². The highest BCUT2D eigenvalue weighted by atomic mass is 15.5. The van der Waals surface area contributed by atoms with Crippen molar-refractivity contribution in [2.45, 2.75) is 45.1 Å². The Bertz CT molecular complexity index is 191. The molecule has 0 bridgehead atoms. The first-order valence-electron chi connectivity index (χ1n) is 6.97. The average Bonchev–Trinajstić information content (AvgIpc) is 2.33. The van der Waals surface area contributed by atoms with E-state index in [4.69, 9.17) is 0 Å². The third-order valence-electron chi connectivity index (χ3n) is 4.29. The van der Waals surface area contributed by atoms with Crippen molar-refractivity contribution in [3.63, 3.8) is 0 Å². The number of hydrogen-bond donors (Lipinski definition) is 1. The molecule has 94 valence electrons. The van der Waals surface area contributed by atoms with E-state index in [0.717, 1.165) is 12.0 Å². The van der Waals surface area contributed by atoms with Crippen LogP contribution in [0.5, 0.6) is 0 Å². The molecule has 1 aliphatic heterocycles. The Labute approximate surface area is 100 Å². The van der Waals surface area contributed by atoms with Crippen molar-refractivity contribution < 1.29 is 0 Å². The van der Waals surface area contributed by atoms with Gasteiger partial charge in [-0.15, -0.1) is 0 Å². The molecule has 2 fully saturated rings. The summed E-state index contributed by atoms with van der Waals surface area (Å²) < 4.78 is 0. The summed E-state index contributed by atoms with van der Waals surface area (Å²) in [5.74, 6) is 1.01. The molecule has 1 saturated heterocycles. The average molecular weight is 225 g/mol. The molecule has 3 nitrogen and oxygen atoms in total. The summed E-state index contributed by atoms with van der Waals surface area (Å²) in [5.41, 5.74) is 3.73. The fourth-order valence-electron chi connectivity index (χ4n) is 2.89. The van der Waals surface area contributed by atoms with Crippen LogP contribution in [0.3, 0.4) is 0 Å². The molecule has 0 unspecified atom stereocenters. The van der Waals surface area contributed by atoms with E-state index >= 15 is 0 Å². The van der Waals surface area contributed by atoms with Crippen LogP contribution in [-0.2, 0) is 0 Å². The molecular weight excluding hydrogens is 198 g/mol. The molecule has 0 amide bonds. The van der Waals surface area contributed by atoms with E-state index < -0.39 is 0 Å². The predicted octanol–water partition coefficient (Wildman–Crippen LogP) is 1.71. The second-order valence-electron chi connectivity index (χ2n) is 5.55. The predicted molar refractivity (Wildman–Crippen MR) is 68.2 cm³/mol. The van der Waals surface area contributed by atoms with Gasteiger partial charge in [-0.1, -0.05) is 13.3 Å². The Morgan fingerprint density at radius 3 is 2.19 bits per heavy atom. The molecule has 3 heteroatoms. The van der Waals surface area contributed by atoms with E-state index in [1.165, 1.54) is 58.3 Å². The number of hydrogen-bond acceptors (Lipinski definition) is 3. The highest BCUT2D eigenvalue weighted by molar-refractivity contribution is 4.77. The fraction of sp³-hybridized carbons (Fsp3) is 1.00. The summed E-state index contributed by atoms with van der Waals surface area (Å²) in [7, 11) is 2.21. The molecule has 16 heavy (non-hydrogen) atoms. The van der Waals surface area contributed by atoms with Gasteiger partial charge in [-0.2, -0.15) is 0 Å². The second-order valence-corrected chi connectivity index (χ2v) is 5.55. The van der Waals surface area contributed by atoms with Crippen LogP contribution in [-0.4, -0.2) is 49.2 Å². The molecule has 1 N–H and O–H groups in total. The molecule has 0 aromatic heterocycles. The Kier molecular flexibility index (Phi) is 4.62. The minimum absolute atomic E-state index is 0.756. The first kappa shape index (κ1) is 12.3. The van der Waals surface area contributed by atoms with Crippen LogP contribution < -0.4 is 5.43 Å². The molecule has 1 saturated carbocycles. The van der Waals surface area contributed by atoms with Crippen LogP contribution in [0.25, 0.3) is 0 Å². The maximum atomic E-state index is 3.73. The highest BCUT2D eigenvalue weighted by Crippen LogP contribution is 2.26. The van der Waals surface area contributed by atoms with Gasteiger partial charge in [0.15, 0.2) is 0 Å². The van der Waals surface area contributed by atoms with E-state index in [-0.39, 0.29) is 0 Å². The highest BCUT2D eigenvalue weighted by Gasteiger charge is 2.22. The van der Waals surface area contributed by atoms with Crippen molar-refractivity contribution in [1.82, 2.24) is 15.3 Å². The second kappa shape index (κ2) is 5.99. The third kappa shape index (κ3) is 3.44. The molecule has 0 aromatic carbocycles. The molecule has 0 atom stereocenters. The Hall–Kier alpha value is -0.120. The van der Waals surface area contributed by atoms with Crippen LogP contribution >= 0.6 is 0 Å². The zero-order valence-corrected chi connectivity index (χ0v) is 10.9. The van der Waals surface area contributed by atoms with Crippen molar-refractivity contribution >= 4 is 0 Å². The normalized spacial score (nSPS) is 34.1. The van der Waals surface area contributed by atoms with Gasteiger partial charge in [-0.05, 0) is 38.6 Å². The lowest BCUT2D eigenvalue weighted by Gasteiger charge is -2.37. The molecule has 1 heterocycles. The molecule has 0 spiro atoms. The molecule has 2 rings (SSSR count). The smallest absolute Gasteiger partial charge is 0.0259 e. The SMILES string of the molecule is CCC1CCC(NN2CCN(C)CC2)CC1. The van der Waals surface area contributed by atoms with Crippen molar-refractivity contribution in [3.05, 3.63) is 0 Å². The molecule has 1 aliphatic carbocycles. The first-order chi connectivity index (χ1) is 7.78. The zero-order valence-electron chi connectivity index (χ0n) is 10.9. The van der Waals surface area contributed by atoms with Gasteiger partial charge in [-0.3, -0.25) is 5.43 Å². The van der Waals surface area contributed by atoms with Gasteiger partial charge < -0.3 is 4.90 Å². The van der Waals surface area contributed by atoms with Gasteiger partial charge in [-0.25, -0.2) is 5.01 Å². The molecular formula is C13H27N3. The summed E-state index contributed by atoms with van der Waals surface area (Å²) in [5, 5.41) is 2.44. The maximum absolute atomic E-state index is 3.73. The Balaban J connectivity index is 1.66. The first-order valence-corrected chi connectivity index (χ1v) is 6.97. The van der Waals surface area contributed by atoms with Crippen molar-refractivity contribution in [2.24, 2.45) is 5.92 Å². The quantitative estimate of drug-likeness (QED) is 0.789. The number of nitrogens with one attached hydrogen (secondary N) is 1. The minimum Gasteiger partial charge on any atom is -0.304 e. The summed E-state index contributed by atoms with van der Waals surface area (Å²) in [4.78, 5) is 2.41. The zero-order chi connectivity index (χ0) is 11.4. The van der Waals surface area contributed by atoms with E-state index in [1.807, 2.05) is 0 Å². The van der Waals surface area contributed by atoms with Crippen molar-refractivity contribution in [3.8, 4) is 0 Å². The van der Waals surface area contributed by atoms with Gasteiger partial charge in [0.05, 0.1) is 0 Å². The summed E-state index contributed by atoms with van der Waals surface area (Å²) in [6, 6.07) is 0.756. The summed E-state index contributed by atoms with van der Waals surface area (Å²) >= 11 is 0. The van der Waals surface area contributed by atoms with Crippen LogP contribution in [0.4, 0.5) is 0 Å². The fourth-order valence-corrected chi connectivity index (χ4v) is 2.89. The number of hydrazine groups is 1. The van der Waals surface area contributed by atoms with E-state index in [1.54, 1.807) is 0 Å². The van der Waals surface area contributed by atoms with Gasteiger partial charge in [0.25, 0.3) is 0 Å². The van der Waals surface area contributed by atoms with Crippen LogP contribution in [0.15, 0.2) is 0 Å². The van der Waals surface area contributed by atoms with Crippen LogP contribution in [0.2, 0.25) is 0 Å². The van der Waals surface area contributed by atoms with Crippen LogP contribution in [0, 0.1) is 5.92 Å². The molecule has 2 aliphatic rings. The van der Waals surface area contributed by atoms with Crippen LogP contribution in [0.1, 0.15) is 39.0 Å². The third-order valence-corrected chi connectivity index (χ3v) is 4.29. The lowest BCUT2D eigenvalue weighted by Crippen LogP contribution is -2.54. The number of nitrogens with zero attached hydrogens (tertiary/aromatic N) is 2. The summed E-state index contributed by atoms with van der Waals surface area (Å²) in [6.07, 6.45) is 7.00. The standard InChI is InChI=1S/C13H27N3/c1-3-12-4-6-13(7-5-12)14-16-10-8-15(2)9-11-16/h12-14H,3-11H2,1-2H3. The Morgan fingerprint density at radius 2 is 1.62 bits per heavy atom. The van der Waals surface area contributed by atoms with Gasteiger partial charge in [0, 0.05) is 32.2 Å². The minimum atomic E-state index is 0.756. The van der Waals surface area contributed by atoms with Gasteiger partial charge in [0.1, 0.15) is 0 Å². The van der Waals surface area contributed by atoms with Gasteiger partial charge in [0.2, 0.25) is 0 Å². The summed E-state index contributed by atoms with van der Waals surface area (Å²) in [6.45, 7) is 7.11. The number of likely N-dealkylation sites (N-methyl/N-ethyl adjacent to an activating group) is 1. The monoisotopic (exact) mass is 225 g/mol. The topological polar surface area (TPSA) is 18.5 Å². The number of piperazine rings is 1. The number of rotatable bonds is 3. The lowest BCUT2D eigenvalue weighted by atomic mass is 9.85. The van der Waals surface area contributed by atoms with E-state index in [0.29, 0.717) is 0 Å². The largest absolute Gasteiger partial charge is 0.304 e. The van der Waals surface area contributed by atoms with E-state index in [2.05, 4.69) is 29.3 Å². The van der Waals surface area contributed by atoms with E-state index in [9.17, 15) is 0 Å². The Morgan fingerprint density at radius 1 is 1.00 bits per heavy atom. The van der Waals surface area contributed by atoms with Gasteiger partial charge >= 0.3 is 0 Å². The maximum Gasteiger partial charge on any atom is 0.0259 e. The molecule has 0 aromatic rings.